The van der Waals surface area contributed by atoms with Crippen LogP contribution in [-0.2, 0) is 17.8 Å². The van der Waals surface area contributed by atoms with E-state index >= 15 is 0 Å². The second-order valence-electron chi connectivity index (χ2n) is 8.89. The minimum Gasteiger partial charge on any atom is -0.374 e. The molecule has 7 nitrogen and oxygen atoms in total. The van der Waals surface area contributed by atoms with Gasteiger partial charge in [0.2, 0.25) is 5.95 Å². The number of halogens is 3. The van der Waals surface area contributed by atoms with Crippen molar-refractivity contribution in [3.8, 4) is 0 Å². The molecule has 0 unspecified atom stereocenters. The first-order valence-corrected chi connectivity index (χ1v) is 11.0. The van der Waals surface area contributed by atoms with Crippen LogP contribution >= 0.6 is 0 Å². The fourth-order valence-electron chi connectivity index (χ4n) is 5.32. The van der Waals surface area contributed by atoms with Gasteiger partial charge < -0.3 is 14.5 Å². The van der Waals surface area contributed by atoms with Gasteiger partial charge in [-0.05, 0) is 29.9 Å². The van der Waals surface area contributed by atoms with E-state index in [1.807, 2.05) is 23.1 Å². The summed E-state index contributed by atoms with van der Waals surface area (Å²) < 4.78 is 49.4. The van der Waals surface area contributed by atoms with Crippen molar-refractivity contribution in [3.05, 3.63) is 58.6 Å². The molecule has 2 saturated heterocycles. The topological polar surface area (TPSA) is 63.5 Å². The van der Waals surface area contributed by atoms with Gasteiger partial charge in [-0.15, -0.1) is 0 Å². The third kappa shape index (κ3) is 3.43. The summed E-state index contributed by atoms with van der Waals surface area (Å²) in [5.74, 6) is 0.498. The summed E-state index contributed by atoms with van der Waals surface area (Å²) in [5.41, 5.74) is 0.400. The van der Waals surface area contributed by atoms with Crippen LogP contribution in [0.2, 0.25) is 0 Å². The average Bonchev–Trinajstić information content (AvgIpc) is 3.43. The Morgan fingerprint density at radius 1 is 1.21 bits per heavy atom. The Balaban J connectivity index is 1.46. The number of hydrogen-bond donors (Lipinski definition) is 0. The van der Waals surface area contributed by atoms with E-state index in [0.717, 1.165) is 22.8 Å². The zero-order valence-electron chi connectivity index (χ0n) is 17.7. The van der Waals surface area contributed by atoms with E-state index < -0.39 is 12.2 Å². The van der Waals surface area contributed by atoms with Crippen LogP contribution in [0.4, 0.5) is 24.9 Å². The van der Waals surface area contributed by atoms with E-state index in [-0.39, 0.29) is 43.2 Å². The molecule has 2 aromatic heterocycles. The Morgan fingerprint density at radius 3 is 2.85 bits per heavy atom. The molecular weight excluding hydrogens is 435 g/mol. The highest BCUT2D eigenvalue weighted by Crippen LogP contribution is 2.37. The number of hydrogen-bond acceptors (Lipinski definition) is 6. The molecule has 3 aliphatic rings. The Morgan fingerprint density at radius 2 is 2.09 bits per heavy atom. The Bertz CT molecular complexity index is 1270. The lowest BCUT2D eigenvalue weighted by atomic mass is 10.0. The van der Waals surface area contributed by atoms with Gasteiger partial charge in [-0.25, -0.2) is 0 Å². The maximum Gasteiger partial charge on any atom is 0.408 e. The third-order valence-corrected chi connectivity index (χ3v) is 6.92. The molecule has 3 atom stereocenters. The van der Waals surface area contributed by atoms with E-state index in [4.69, 9.17) is 4.74 Å². The summed E-state index contributed by atoms with van der Waals surface area (Å²) in [6.45, 7) is 1.11. The SMILES string of the molecule is O=c1cc(N2C[C@@H]3C[C@H]2CO3)nc2n1CC[C@@H](C(F)(F)F)N2Cc1cccc2cnccc12. The van der Waals surface area contributed by atoms with Crippen molar-refractivity contribution in [2.45, 2.75) is 50.3 Å². The maximum absolute atomic E-state index is 14.1. The first kappa shape index (κ1) is 20.5. The molecule has 33 heavy (non-hydrogen) atoms. The van der Waals surface area contributed by atoms with Crippen molar-refractivity contribution in [1.29, 1.82) is 0 Å². The lowest BCUT2D eigenvalue weighted by Gasteiger charge is -2.40. The number of alkyl halides is 3. The fraction of sp³-hybridized carbons (Fsp3) is 0.435. The summed E-state index contributed by atoms with van der Waals surface area (Å²) >= 11 is 0. The normalized spacial score (nSPS) is 24.5. The van der Waals surface area contributed by atoms with Crippen LogP contribution in [0.5, 0.6) is 0 Å². The second kappa shape index (κ2) is 7.44. The molecule has 0 N–H and O–H groups in total. The number of fused-ring (bicyclic) bond motifs is 4. The predicted molar refractivity (Wildman–Crippen MR) is 116 cm³/mol. The summed E-state index contributed by atoms with van der Waals surface area (Å²) in [6, 6.07) is 7.12. The highest BCUT2D eigenvalue weighted by atomic mass is 19.4. The van der Waals surface area contributed by atoms with Crippen LogP contribution in [0.1, 0.15) is 18.4 Å². The van der Waals surface area contributed by atoms with E-state index in [1.165, 1.54) is 15.5 Å². The van der Waals surface area contributed by atoms with Gasteiger partial charge in [0.1, 0.15) is 11.9 Å². The molecule has 0 aliphatic carbocycles. The number of anilines is 2. The number of aromatic nitrogens is 3. The predicted octanol–water partition coefficient (Wildman–Crippen LogP) is 3.11. The smallest absolute Gasteiger partial charge is 0.374 e. The van der Waals surface area contributed by atoms with Crippen LogP contribution in [0.15, 0.2) is 47.5 Å². The van der Waals surface area contributed by atoms with Gasteiger partial charge in [-0.3, -0.25) is 14.3 Å². The molecule has 0 amide bonds. The van der Waals surface area contributed by atoms with Gasteiger partial charge in [-0.2, -0.15) is 18.2 Å². The zero-order chi connectivity index (χ0) is 22.7. The molecular formula is C23H22F3N5O2. The number of ether oxygens (including phenoxy) is 1. The molecule has 0 saturated carbocycles. The van der Waals surface area contributed by atoms with Gasteiger partial charge in [0.25, 0.3) is 5.56 Å². The second-order valence-corrected chi connectivity index (χ2v) is 8.89. The molecule has 3 aromatic rings. The summed E-state index contributed by atoms with van der Waals surface area (Å²) in [7, 11) is 0. The molecule has 6 rings (SSSR count). The van der Waals surface area contributed by atoms with Crippen molar-refractivity contribution >= 4 is 22.5 Å². The lowest BCUT2D eigenvalue weighted by Crippen LogP contribution is -2.52. The van der Waals surface area contributed by atoms with Gasteiger partial charge in [0, 0.05) is 43.5 Å². The van der Waals surface area contributed by atoms with Gasteiger partial charge in [0.15, 0.2) is 0 Å². The molecule has 2 fully saturated rings. The maximum atomic E-state index is 14.1. The van der Waals surface area contributed by atoms with Gasteiger partial charge >= 0.3 is 6.18 Å². The first-order chi connectivity index (χ1) is 15.9. The quantitative estimate of drug-likeness (QED) is 0.603. The standard InChI is InChI=1S/C23H22F3N5O2/c24-23(25,26)19-5-7-29-21(32)9-20(30-12-17-8-16(30)13-33-17)28-22(29)31(19)11-15-3-1-2-14-10-27-6-4-18(14)15/h1-4,6,9-10,16-17,19H,5,7-8,11-13H2/t16-,17-,19-/m0/s1. The highest BCUT2D eigenvalue weighted by molar-refractivity contribution is 5.85. The summed E-state index contributed by atoms with van der Waals surface area (Å²) in [4.78, 5) is 25.0. The van der Waals surface area contributed by atoms with Crippen molar-refractivity contribution in [3.63, 3.8) is 0 Å². The van der Waals surface area contributed by atoms with Crippen LogP contribution in [0.25, 0.3) is 10.8 Å². The third-order valence-electron chi connectivity index (χ3n) is 6.92. The lowest BCUT2D eigenvalue weighted by molar-refractivity contribution is -0.153. The van der Waals surface area contributed by atoms with Crippen molar-refractivity contribution in [1.82, 2.24) is 14.5 Å². The highest BCUT2D eigenvalue weighted by Gasteiger charge is 2.47. The Labute approximate surface area is 187 Å². The largest absolute Gasteiger partial charge is 0.408 e. The molecule has 5 heterocycles. The Hall–Kier alpha value is -3.14. The number of benzene rings is 1. The first-order valence-electron chi connectivity index (χ1n) is 11.0. The van der Waals surface area contributed by atoms with E-state index in [9.17, 15) is 18.0 Å². The number of rotatable bonds is 3. The summed E-state index contributed by atoms with van der Waals surface area (Å²) in [5, 5.41) is 1.68. The van der Waals surface area contributed by atoms with Gasteiger partial charge in [0.05, 0.1) is 18.8 Å². The van der Waals surface area contributed by atoms with Crippen molar-refractivity contribution < 1.29 is 17.9 Å². The molecule has 1 aromatic carbocycles. The molecule has 3 aliphatic heterocycles. The van der Waals surface area contributed by atoms with Crippen LogP contribution < -0.4 is 15.4 Å². The monoisotopic (exact) mass is 457 g/mol. The average molecular weight is 457 g/mol. The number of pyridine rings is 1. The van der Waals surface area contributed by atoms with Crippen molar-refractivity contribution in [2.75, 3.05) is 23.0 Å². The van der Waals surface area contributed by atoms with E-state index in [1.54, 1.807) is 18.5 Å². The molecule has 172 valence electrons. The number of nitrogens with zero attached hydrogens (tertiary/aromatic N) is 5. The van der Waals surface area contributed by atoms with Crippen LogP contribution in [0, 0.1) is 0 Å². The molecule has 2 bridgehead atoms. The fourth-order valence-corrected chi connectivity index (χ4v) is 5.32. The summed E-state index contributed by atoms with van der Waals surface area (Å²) in [6.07, 6.45) is -0.409. The van der Waals surface area contributed by atoms with E-state index in [0.29, 0.717) is 19.0 Å². The molecule has 0 radical (unpaired) electrons. The molecule has 10 heteroatoms. The zero-order valence-corrected chi connectivity index (χ0v) is 17.7. The molecule has 0 spiro atoms. The van der Waals surface area contributed by atoms with Gasteiger partial charge in [-0.1, -0.05) is 18.2 Å². The minimum absolute atomic E-state index is 0.0171. The van der Waals surface area contributed by atoms with Crippen LogP contribution in [0.3, 0.4) is 0 Å². The number of morpholine rings is 1. The Kier molecular flexibility index (Phi) is 4.62. The minimum atomic E-state index is -4.45. The van der Waals surface area contributed by atoms with Crippen molar-refractivity contribution in [2.24, 2.45) is 0 Å². The van der Waals surface area contributed by atoms with Crippen LogP contribution in [-0.4, -0.2) is 52.1 Å². The van der Waals surface area contributed by atoms with E-state index in [2.05, 4.69) is 9.97 Å².